The Morgan fingerprint density at radius 3 is 2.90 bits per heavy atom. The van der Waals surface area contributed by atoms with Gasteiger partial charge in [0.25, 0.3) is 0 Å². The van der Waals surface area contributed by atoms with Gasteiger partial charge in [-0.05, 0) is 35.2 Å². The van der Waals surface area contributed by atoms with E-state index in [1.54, 1.807) is 5.01 Å². The molecule has 0 spiro atoms. The first kappa shape index (κ1) is 13.6. The number of fused-ring (bicyclic) bond motifs is 1. The first-order valence-corrected chi connectivity index (χ1v) is 7.38. The number of guanidine groups is 1. The fraction of sp³-hybridized carbons (Fsp3) is 0.294. The number of hydrogen-bond acceptors (Lipinski definition) is 4. The van der Waals surface area contributed by atoms with Crippen molar-refractivity contribution in [3.05, 3.63) is 48.0 Å². The Kier molecular flexibility index (Phi) is 4.15. The molecule has 0 fully saturated rings. The van der Waals surface area contributed by atoms with E-state index in [4.69, 9.17) is 0 Å². The first-order valence-electron chi connectivity index (χ1n) is 7.38. The summed E-state index contributed by atoms with van der Waals surface area (Å²) < 4.78 is 0. The Morgan fingerprint density at radius 2 is 2.00 bits per heavy atom. The van der Waals surface area contributed by atoms with E-state index in [1.165, 1.54) is 10.8 Å². The first-order chi connectivity index (χ1) is 10.3. The Balaban J connectivity index is 1.75. The molecule has 0 atom stereocenters. The predicted octanol–water partition coefficient (Wildman–Crippen LogP) is 2.84. The maximum atomic E-state index is 4.50. The number of benzene rings is 2. The molecule has 0 radical (unpaired) electrons. The Morgan fingerprint density at radius 1 is 1.14 bits per heavy atom. The highest BCUT2D eigenvalue weighted by molar-refractivity contribution is 5.91. The summed E-state index contributed by atoms with van der Waals surface area (Å²) in [6.07, 6.45) is 4.18. The lowest BCUT2D eigenvalue weighted by Gasteiger charge is -2.15. The second-order valence-corrected chi connectivity index (χ2v) is 5.21. The maximum absolute atomic E-state index is 4.50. The van der Waals surface area contributed by atoms with Gasteiger partial charge in [0, 0.05) is 20.1 Å². The second-order valence-electron chi connectivity index (χ2n) is 5.21. The van der Waals surface area contributed by atoms with Crippen LogP contribution in [0.1, 0.15) is 18.4 Å². The van der Waals surface area contributed by atoms with Crippen molar-refractivity contribution in [2.24, 2.45) is 10.1 Å². The van der Waals surface area contributed by atoms with Crippen LogP contribution in [0, 0.1) is 0 Å². The van der Waals surface area contributed by atoms with Crippen LogP contribution in [0.5, 0.6) is 0 Å². The lowest BCUT2D eigenvalue weighted by atomic mass is 10.1. The van der Waals surface area contributed by atoms with Crippen LogP contribution < -0.4 is 5.32 Å². The van der Waals surface area contributed by atoms with Crippen LogP contribution in [0.4, 0.5) is 0 Å². The summed E-state index contributed by atoms with van der Waals surface area (Å²) in [5.74, 6) is 0.851. The lowest BCUT2D eigenvalue weighted by molar-refractivity contribution is 0.521. The van der Waals surface area contributed by atoms with Crippen molar-refractivity contribution < 1.29 is 0 Å². The molecule has 0 bridgehead atoms. The highest BCUT2D eigenvalue weighted by atomic mass is 15.5. The smallest absolute Gasteiger partial charge is 0.214 e. The molecule has 1 aliphatic rings. The van der Waals surface area contributed by atoms with Crippen molar-refractivity contribution in [2.75, 3.05) is 20.1 Å². The van der Waals surface area contributed by atoms with Crippen LogP contribution in [-0.4, -0.2) is 37.3 Å². The zero-order valence-corrected chi connectivity index (χ0v) is 12.3. The van der Waals surface area contributed by atoms with Crippen LogP contribution in [0.3, 0.4) is 0 Å². The molecule has 4 nitrogen and oxygen atoms in total. The molecule has 108 valence electrons. The van der Waals surface area contributed by atoms with Crippen LogP contribution >= 0.6 is 0 Å². The van der Waals surface area contributed by atoms with Crippen molar-refractivity contribution in [2.45, 2.75) is 12.8 Å². The van der Waals surface area contributed by atoms with Gasteiger partial charge >= 0.3 is 0 Å². The van der Waals surface area contributed by atoms with E-state index >= 15 is 0 Å². The third-order valence-corrected chi connectivity index (χ3v) is 3.59. The van der Waals surface area contributed by atoms with Gasteiger partial charge in [-0.2, -0.15) is 5.10 Å². The molecule has 1 N–H and O–H groups in total. The molecule has 21 heavy (non-hydrogen) atoms. The number of hydrazone groups is 1. The van der Waals surface area contributed by atoms with Crippen LogP contribution in [0.2, 0.25) is 0 Å². The average Bonchev–Trinajstić information content (AvgIpc) is 2.81. The Hall–Kier alpha value is -2.36. The molecule has 0 saturated carbocycles. The van der Waals surface area contributed by atoms with E-state index in [0.29, 0.717) is 0 Å². The largest absolute Gasteiger partial charge is 0.355 e. The van der Waals surface area contributed by atoms with Crippen molar-refractivity contribution in [3.63, 3.8) is 0 Å². The molecule has 1 heterocycles. The van der Waals surface area contributed by atoms with Gasteiger partial charge in [0.2, 0.25) is 5.96 Å². The Bertz CT molecular complexity index is 675. The predicted molar refractivity (Wildman–Crippen MR) is 88.8 cm³/mol. The van der Waals surface area contributed by atoms with Gasteiger partial charge in [-0.25, -0.2) is 5.01 Å². The Labute approximate surface area is 125 Å². The molecular weight excluding hydrogens is 260 g/mol. The monoisotopic (exact) mass is 280 g/mol. The summed E-state index contributed by atoms with van der Waals surface area (Å²) in [6.45, 7) is 1.84. The molecule has 3 rings (SSSR count). The van der Waals surface area contributed by atoms with Crippen LogP contribution in [0.25, 0.3) is 10.8 Å². The van der Waals surface area contributed by atoms with E-state index in [1.807, 2.05) is 13.3 Å². The second kappa shape index (κ2) is 6.39. The molecule has 2 aromatic rings. The topological polar surface area (TPSA) is 40.0 Å². The number of rotatable bonds is 2. The molecule has 2 aromatic carbocycles. The van der Waals surface area contributed by atoms with E-state index in [0.717, 1.165) is 37.5 Å². The average molecular weight is 280 g/mol. The summed E-state index contributed by atoms with van der Waals surface area (Å²) in [6, 6.07) is 14.7. The third kappa shape index (κ3) is 3.40. The molecule has 0 saturated heterocycles. The molecule has 1 aliphatic heterocycles. The molecule has 0 aliphatic carbocycles. The highest BCUT2D eigenvalue weighted by Gasteiger charge is 2.06. The third-order valence-electron chi connectivity index (χ3n) is 3.59. The van der Waals surface area contributed by atoms with E-state index in [-0.39, 0.29) is 0 Å². The number of aliphatic imine (C=N–C) groups is 1. The van der Waals surface area contributed by atoms with Gasteiger partial charge < -0.3 is 5.32 Å². The SMILES string of the molecule is CN(/N=C\c1ccc2ccccc2c1)C1=NCCCCN1. The molecule has 4 heteroatoms. The van der Waals surface area contributed by atoms with Gasteiger partial charge in [-0.15, -0.1) is 0 Å². The van der Waals surface area contributed by atoms with E-state index < -0.39 is 0 Å². The van der Waals surface area contributed by atoms with Crippen LogP contribution in [0.15, 0.2) is 52.6 Å². The molecule has 0 amide bonds. The zero-order valence-electron chi connectivity index (χ0n) is 12.3. The number of nitrogens with zero attached hydrogens (tertiary/aromatic N) is 3. The van der Waals surface area contributed by atoms with Crippen LogP contribution in [-0.2, 0) is 0 Å². The van der Waals surface area contributed by atoms with Gasteiger partial charge in [-0.3, -0.25) is 4.99 Å². The summed E-state index contributed by atoms with van der Waals surface area (Å²) in [5, 5.41) is 12.1. The normalized spacial score (nSPS) is 15.6. The van der Waals surface area contributed by atoms with E-state index in [9.17, 15) is 0 Å². The molecule has 0 unspecified atom stereocenters. The maximum Gasteiger partial charge on any atom is 0.214 e. The lowest BCUT2D eigenvalue weighted by Crippen LogP contribution is -2.35. The zero-order chi connectivity index (χ0) is 14.5. The standard InChI is InChI=1S/C17H20N4/c1-21(17-18-10-4-5-11-19-17)20-13-14-8-9-15-6-2-3-7-16(15)12-14/h2-3,6-9,12-13H,4-5,10-11H2,1H3,(H,18,19)/b20-13-. The minimum absolute atomic E-state index is 0.851. The van der Waals surface area contributed by atoms with Crippen molar-refractivity contribution in [3.8, 4) is 0 Å². The van der Waals surface area contributed by atoms with Crippen molar-refractivity contribution in [1.82, 2.24) is 10.3 Å². The van der Waals surface area contributed by atoms with Gasteiger partial charge in [-0.1, -0.05) is 36.4 Å². The summed E-state index contributed by atoms with van der Waals surface area (Å²) in [5.41, 5.74) is 1.09. The fourth-order valence-electron chi connectivity index (χ4n) is 2.39. The highest BCUT2D eigenvalue weighted by Crippen LogP contribution is 2.14. The minimum atomic E-state index is 0.851. The van der Waals surface area contributed by atoms with E-state index in [2.05, 4.69) is 57.9 Å². The summed E-state index contributed by atoms with van der Waals surface area (Å²) in [4.78, 5) is 4.50. The summed E-state index contributed by atoms with van der Waals surface area (Å²) in [7, 11) is 1.93. The quantitative estimate of drug-likeness (QED) is 0.679. The summed E-state index contributed by atoms with van der Waals surface area (Å²) >= 11 is 0. The van der Waals surface area contributed by atoms with Gasteiger partial charge in [0.05, 0.1) is 6.21 Å². The van der Waals surface area contributed by atoms with Gasteiger partial charge in [0.1, 0.15) is 0 Å². The number of nitrogens with one attached hydrogen (secondary N) is 1. The number of hydrogen-bond donors (Lipinski definition) is 1. The van der Waals surface area contributed by atoms with Crippen molar-refractivity contribution in [1.29, 1.82) is 0 Å². The van der Waals surface area contributed by atoms with Crippen molar-refractivity contribution >= 4 is 22.9 Å². The molecule has 0 aromatic heterocycles. The van der Waals surface area contributed by atoms with Gasteiger partial charge in [0.15, 0.2) is 0 Å². The fourth-order valence-corrected chi connectivity index (χ4v) is 2.39. The molecular formula is C17H20N4. The minimum Gasteiger partial charge on any atom is -0.355 e.